The Balaban J connectivity index is 1.91. The first kappa shape index (κ1) is 16.9. The van der Waals surface area contributed by atoms with E-state index in [1.54, 1.807) is 30.5 Å². The second kappa shape index (κ2) is 7.31. The zero-order valence-electron chi connectivity index (χ0n) is 14.0. The molecule has 2 heterocycles. The number of nitrogens with two attached hydrogens (primary N) is 1. The number of carbonyl (C=O) groups excluding carboxylic acids is 1. The van der Waals surface area contributed by atoms with Gasteiger partial charge in [0, 0.05) is 36.1 Å². The van der Waals surface area contributed by atoms with Crippen molar-refractivity contribution < 1.29 is 14.3 Å². The highest BCUT2D eigenvalue weighted by molar-refractivity contribution is 6.14. The Morgan fingerprint density at radius 2 is 2.00 bits per heavy atom. The van der Waals surface area contributed by atoms with E-state index in [9.17, 15) is 4.79 Å². The number of carbonyl (C=O) groups is 1. The molecule has 0 atom stereocenters. The molecule has 1 fully saturated rings. The van der Waals surface area contributed by atoms with Crippen molar-refractivity contribution in [2.45, 2.75) is 0 Å². The molecule has 0 amide bonds. The van der Waals surface area contributed by atoms with E-state index in [2.05, 4.69) is 9.88 Å². The summed E-state index contributed by atoms with van der Waals surface area (Å²) in [5.74, 6) is 0.339. The minimum absolute atomic E-state index is 0.236. The number of esters is 1. The van der Waals surface area contributed by atoms with Gasteiger partial charge in [-0.3, -0.25) is 5.41 Å². The molecule has 1 aromatic carbocycles. The Hall–Kier alpha value is -2.93. The third-order valence-corrected chi connectivity index (χ3v) is 4.11. The lowest BCUT2D eigenvalue weighted by Gasteiger charge is -2.28. The minimum Gasteiger partial charge on any atom is -0.465 e. The molecule has 1 aliphatic heterocycles. The van der Waals surface area contributed by atoms with Gasteiger partial charge in [-0.2, -0.15) is 0 Å². The highest BCUT2D eigenvalue weighted by atomic mass is 16.5. The molecule has 2 aromatic rings. The third-order valence-electron chi connectivity index (χ3n) is 4.11. The van der Waals surface area contributed by atoms with Crippen LogP contribution in [0.3, 0.4) is 0 Å². The number of hydrogen-bond donors (Lipinski definition) is 2. The Morgan fingerprint density at radius 1 is 1.24 bits per heavy atom. The minimum atomic E-state index is -0.460. The number of aromatic nitrogens is 1. The van der Waals surface area contributed by atoms with Crippen LogP contribution in [0, 0.1) is 5.41 Å². The second-order valence-electron chi connectivity index (χ2n) is 5.67. The van der Waals surface area contributed by atoms with E-state index in [0.717, 1.165) is 18.9 Å². The van der Waals surface area contributed by atoms with Crippen LogP contribution in [-0.2, 0) is 9.47 Å². The normalized spacial score (nSPS) is 14.2. The molecule has 1 saturated heterocycles. The number of nitrogens with zero attached hydrogens (tertiary/aromatic N) is 2. The van der Waals surface area contributed by atoms with Gasteiger partial charge in [0.2, 0.25) is 0 Å². The van der Waals surface area contributed by atoms with Crippen molar-refractivity contribution in [3.63, 3.8) is 0 Å². The Kier molecular flexibility index (Phi) is 4.95. The van der Waals surface area contributed by atoms with Gasteiger partial charge < -0.3 is 20.1 Å². The Morgan fingerprint density at radius 3 is 2.72 bits per heavy atom. The lowest BCUT2D eigenvalue weighted by atomic mass is 9.99. The largest absolute Gasteiger partial charge is 0.465 e. The Labute approximate surface area is 145 Å². The van der Waals surface area contributed by atoms with Gasteiger partial charge in [0.05, 0.1) is 31.6 Å². The van der Waals surface area contributed by atoms with Gasteiger partial charge in [-0.05, 0) is 30.3 Å². The molecule has 1 aliphatic rings. The van der Waals surface area contributed by atoms with Crippen LogP contribution in [0.1, 0.15) is 21.5 Å². The van der Waals surface area contributed by atoms with E-state index in [1.165, 1.54) is 7.11 Å². The molecule has 7 nitrogen and oxygen atoms in total. The molecular formula is C18H20N4O3. The molecule has 25 heavy (non-hydrogen) atoms. The zero-order valence-corrected chi connectivity index (χ0v) is 14.0. The molecule has 0 spiro atoms. The SMILES string of the molecule is COC(=O)c1ccc(N)c(C(=N)c2ccnc(N3CCOCC3)c2)c1. The van der Waals surface area contributed by atoms with Gasteiger partial charge in [-0.25, -0.2) is 9.78 Å². The number of nitrogen functional groups attached to an aromatic ring is 1. The molecule has 0 saturated carbocycles. The summed E-state index contributed by atoms with van der Waals surface area (Å²) < 4.78 is 10.1. The number of anilines is 2. The molecule has 3 N–H and O–H groups in total. The molecule has 0 aliphatic carbocycles. The molecular weight excluding hydrogens is 320 g/mol. The average molecular weight is 340 g/mol. The van der Waals surface area contributed by atoms with E-state index in [-0.39, 0.29) is 5.71 Å². The number of rotatable bonds is 4. The second-order valence-corrected chi connectivity index (χ2v) is 5.67. The van der Waals surface area contributed by atoms with Gasteiger partial charge in [-0.1, -0.05) is 0 Å². The van der Waals surface area contributed by atoms with Crippen LogP contribution in [0.15, 0.2) is 36.5 Å². The van der Waals surface area contributed by atoms with Gasteiger partial charge in [0.15, 0.2) is 0 Å². The van der Waals surface area contributed by atoms with Crippen molar-refractivity contribution in [1.29, 1.82) is 5.41 Å². The monoisotopic (exact) mass is 340 g/mol. The van der Waals surface area contributed by atoms with Crippen LogP contribution < -0.4 is 10.6 Å². The summed E-state index contributed by atoms with van der Waals surface area (Å²) in [6, 6.07) is 8.40. The van der Waals surface area contributed by atoms with Crippen LogP contribution in [0.5, 0.6) is 0 Å². The number of ether oxygens (including phenoxy) is 2. The van der Waals surface area contributed by atoms with Gasteiger partial charge in [0.25, 0.3) is 0 Å². The standard InChI is InChI=1S/C18H20N4O3/c1-24-18(23)13-2-3-15(19)14(10-13)17(20)12-4-5-21-16(11-12)22-6-8-25-9-7-22/h2-5,10-11,20H,6-9,19H2,1H3. The lowest BCUT2D eigenvalue weighted by Crippen LogP contribution is -2.36. The predicted molar refractivity (Wildman–Crippen MR) is 95.4 cm³/mol. The van der Waals surface area contributed by atoms with Crippen molar-refractivity contribution in [3.8, 4) is 0 Å². The first-order valence-corrected chi connectivity index (χ1v) is 7.96. The summed E-state index contributed by atoms with van der Waals surface area (Å²) in [5.41, 5.74) is 8.22. The molecule has 3 rings (SSSR count). The summed E-state index contributed by atoms with van der Waals surface area (Å²) in [4.78, 5) is 18.2. The fourth-order valence-corrected chi connectivity index (χ4v) is 2.71. The first-order valence-electron chi connectivity index (χ1n) is 7.96. The summed E-state index contributed by atoms with van der Waals surface area (Å²) in [5, 5.41) is 8.51. The van der Waals surface area contributed by atoms with E-state index in [4.69, 9.17) is 20.6 Å². The highest BCUT2D eigenvalue weighted by Gasteiger charge is 2.16. The van der Waals surface area contributed by atoms with Crippen molar-refractivity contribution >= 4 is 23.2 Å². The number of morpholine rings is 1. The van der Waals surface area contributed by atoms with Crippen LogP contribution in [0.4, 0.5) is 11.5 Å². The molecule has 0 radical (unpaired) electrons. The molecule has 0 bridgehead atoms. The van der Waals surface area contributed by atoms with Crippen LogP contribution in [-0.4, -0.2) is 50.1 Å². The third kappa shape index (κ3) is 3.61. The number of hydrogen-bond acceptors (Lipinski definition) is 7. The maximum atomic E-state index is 11.7. The fourth-order valence-electron chi connectivity index (χ4n) is 2.71. The van der Waals surface area contributed by atoms with Crippen molar-refractivity contribution in [3.05, 3.63) is 53.2 Å². The average Bonchev–Trinajstić information content (AvgIpc) is 2.68. The van der Waals surface area contributed by atoms with Crippen LogP contribution in [0.25, 0.3) is 0 Å². The van der Waals surface area contributed by atoms with Crippen molar-refractivity contribution in [2.75, 3.05) is 44.0 Å². The summed E-state index contributed by atoms with van der Waals surface area (Å²) in [6.07, 6.45) is 1.68. The Bertz CT molecular complexity index is 801. The maximum Gasteiger partial charge on any atom is 0.337 e. The number of benzene rings is 1. The molecule has 130 valence electrons. The number of methoxy groups -OCH3 is 1. The topological polar surface area (TPSA) is 102 Å². The molecule has 1 aromatic heterocycles. The number of pyridine rings is 1. The molecule has 0 unspecified atom stereocenters. The predicted octanol–water partition coefficient (Wildman–Crippen LogP) is 1.70. The summed E-state index contributed by atoms with van der Waals surface area (Å²) >= 11 is 0. The van der Waals surface area contributed by atoms with E-state index in [0.29, 0.717) is 35.6 Å². The fraction of sp³-hybridized carbons (Fsp3) is 0.278. The van der Waals surface area contributed by atoms with E-state index in [1.807, 2.05) is 6.07 Å². The van der Waals surface area contributed by atoms with E-state index < -0.39 is 5.97 Å². The van der Waals surface area contributed by atoms with Crippen LogP contribution >= 0.6 is 0 Å². The van der Waals surface area contributed by atoms with Gasteiger partial charge in [-0.15, -0.1) is 0 Å². The van der Waals surface area contributed by atoms with Crippen LogP contribution in [0.2, 0.25) is 0 Å². The van der Waals surface area contributed by atoms with Crippen molar-refractivity contribution in [2.24, 2.45) is 0 Å². The van der Waals surface area contributed by atoms with Crippen molar-refractivity contribution in [1.82, 2.24) is 4.98 Å². The smallest absolute Gasteiger partial charge is 0.337 e. The van der Waals surface area contributed by atoms with Gasteiger partial charge >= 0.3 is 5.97 Å². The number of nitrogens with one attached hydrogen (secondary N) is 1. The summed E-state index contributed by atoms with van der Waals surface area (Å²) in [6.45, 7) is 2.86. The molecule has 7 heteroatoms. The van der Waals surface area contributed by atoms with E-state index >= 15 is 0 Å². The quantitative estimate of drug-likeness (QED) is 0.499. The first-order chi connectivity index (χ1) is 12.1. The van der Waals surface area contributed by atoms with Gasteiger partial charge in [0.1, 0.15) is 5.82 Å². The maximum absolute atomic E-state index is 11.7. The lowest BCUT2D eigenvalue weighted by molar-refractivity contribution is 0.0600. The zero-order chi connectivity index (χ0) is 17.8. The summed E-state index contributed by atoms with van der Waals surface area (Å²) in [7, 11) is 1.32. The highest BCUT2D eigenvalue weighted by Crippen LogP contribution is 2.21.